The number of aromatic nitrogens is 3. The van der Waals surface area contributed by atoms with Gasteiger partial charge in [-0.15, -0.1) is 0 Å². The van der Waals surface area contributed by atoms with Crippen molar-refractivity contribution in [1.82, 2.24) is 19.9 Å². The molecule has 0 aliphatic rings. The smallest absolute Gasteiger partial charge is 0.238 e. The van der Waals surface area contributed by atoms with Crippen LogP contribution in [-0.4, -0.2) is 40.4 Å². The van der Waals surface area contributed by atoms with Crippen LogP contribution in [0.15, 0.2) is 30.7 Å². The Labute approximate surface area is 129 Å². The van der Waals surface area contributed by atoms with E-state index in [9.17, 15) is 13.2 Å². The fourth-order valence-electron chi connectivity index (χ4n) is 1.85. The van der Waals surface area contributed by atoms with Gasteiger partial charge >= 0.3 is 0 Å². The summed E-state index contributed by atoms with van der Waals surface area (Å²) in [5.74, 6) is 0.983. The number of hydrogen-bond donors (Lipinski definition) is 1. The molecule has 1 amide bonds. The molecule has 118 valence electrons. The van der Waals surface area contributed by atoms with Crippen molar-refractivity contribution < 1.29 is 13.2 Å². The second kappa shape index (κ2) is 6.27. The van der Waals surface area contributed by atoms with E-state index in [-0.39, 0.29) is 6.54 Å². The highest BCUT2D eigenvalue weighted by Gasteiger charge is 2.22. The molecule has 0 aliphatic carbocycles. The third-order valence-electron chi connectivity index (χ3n) is 3.36. The molecule has 0 spiro atoms. The van der Waals surface area contributed by atoms with Gasteiger partial charge in [-0.1, -0.05) is 0 Å². The second-order valence-corrected chi connectivity index (χ2v) is 7.42. The first kappa shape index (κ1) is 16.2. The number of imidazole rings is 1. The van der Waals surface area contributed by atoms with Crippen LogP contribution < -0.4 is 5.32 Å². The van der Waals surface area contributed by atoms with Gasteiger partial charge < -0.3 is 5.32 Å². The zero-order valence-electron chi connectivity index (χ0n) is 12.6. The van der Waals surface area contributed by atoms with Crippen LogP contribution in [0.2, 0.25) is 0 Å². The zero-order chi connectivity index (χ0) is 16.3. The van der Waals surface area contributed by atoms with Gasteiger partial charge in [0.05, 0.1) is 0 Å². The largest absolute Gasteiger partial charge is 0.351 e. The van der Waals surface area contributed by atoms with E-state index < -0.39 is 21.0 Å². The number of nitrogens with zero attached hydrogens (tertiary/aromatic N) is 3. The first-order valence-electron chi connectivity index (χ1n) is 6.71. The average molecular weight is 322 g/mol. The quantitative estimate of drug-likeness (QED) is 0.871. The van der Waals surface area contributed by atoms with Crippen molar-refractivity contribution in [2.75, 3.05) is 6.26 Å². The Morgan fingerprint density at radius 1 is 1.36 bits per heavy atom. The molecular formula is C14H18N4O3S. The number of carbonyl (C=O) groups is 1. The lowest BCUT2D eigenvalue weighted by atomic mass is 10.2. The predicted molar refractivity (Wildman–Crippen MR) is 82.2 cm³/mol. The van der Waals surface area contributed by atoms with Crippen LogP contribution in [0.3, 0.4) is 0 Å². The highest BCUT2D eigenvalue weighted by atomic mass is 32.2. The molecular weight excluding hydrogens is 304 g/mol. The Bertz CT molecular complexity index is 783. The molecule has 0 saturated carbocycles. The summed E-state index contributed by atoms with van der Waals surface area (Å²) in [6.45, 7) is 3.48. The van der Waals surface area contributed by atoms with Crippen molar-refractivity contribution in [1.29, 1.82) is 0 Å². The van der Waals surface area contributed by atoms with E-state index in [1.165, 1.54) is 6.92 Å². The number of hydrogen-bond acceptors (Lipinski definition) is 5. The summed E-state index contributed by atoms with van der Waals surface area (Å²) in [6.07, 6.45) is 6.16. The minimum absolute atomic E-state index is 0.238. The third-order valence-corrected chi connectivity index (χ3v) is 4.86. The normalized spacial score (nSPS) is 12.9. The Hall–Kier alpha value is -2.22. The number of carbonyl (C=O) groups excluding carboxylic acids is 1. The highest BCUT2D eigenvalue weighted by Crippen LogP contribution is 2.09. The van der Waals surface area contributed by atoms with Crippen molar-refractivity contribution in [3.63, 3.8) is 0 Å². The third kappa shape index (κ3) is 3.70. The summed E-state index contributed by atoms with van der Waals surface area (Å²) in [5.41, 5.74) is 0.826. The molecule has 2 rings (SSSR count). The summed E-state index contributed by atoms with van der Waals surface area (Å²) >= 11 is 0. The lowest BCUT2D eigenvalue weighted by molar-refractivity contribution is -0.120. The van der Waals surface area contributed by atoms with Crippen molar-refractivity contribution >= 4 is 15.7 Å². The minimum Gasteiger partial charge on any atom is -0.351 e. The van der Waals surface area contributed by atoms with Crippen molar-refractivity contribution in [3.8, 4) is 5.82 Å². The van der Waals surface area contributed by atoms with Crippen molar-refractivity contribution in [2.24, 2.45) is 0 Å². The lowest BCUT2D eigenvalue weighted by Crippen LogP contribution is -2.37. The van der Waals surface area contributed by atoms with E-state index in [1.54, 1.807) is 24.7 Å². The fourth-order valence-corrected chi connectivity index (χ4v) is 2.32. The number of rotatable bonds is 5. The van der Waals surface area contributed by atoms with Gasteiger partial charge in [0.1, 0.15) is 16.9 Å². The molecule has 22 heavy (non-hydrogen) atoms. The summed E-state index contributed by atoms with van der Waals surface area (Å²) in [5, 5.41) is 1.56. The Kier molecular flexibility index (Phi) is 4.60. The van der Waals surface area contributed by atoms with E-state index in [0.29, 0.717) is 5.82 Å². The molecule has 0 bridgehead atoms. The van der Waals surface area contributed by atoms with Gasteiger partial charge in [0.15, 0.2) is 9.84 Å². The maximum absolute atomic E-state index is 11.8. The van der Waals surface area contributed by atoms with Gasteiger partial charge in [0.2, 0.25) is 5.91 Å². The van der Waals surface area contributed by atoms with E-state index >= 15 is 0 Å². The van der Waals surface area contributed by atoms with Gasteiger partial charge in [-0.05, 0) is 31.5 Å². The molecule has 0 unspecified atom stereocenters. The molecule has 1 atom stereocenters. The number of amides is 1. The zero-order valence-corrected chi connectivity index (χ0v) is 13.5. The standard InChI is InChI=1S/C14H18N4O3S/c1-10(22(3,20)21)14(19)17-9-12-4-5-16-13(8-12)18-7-6-15-11(18)2/h4-8,10H,9H2,1-3H3,(H,17,19)/t10-/m0/s1. The first-order valence-corrected chi connectivity index (χ1v) is 8.66. The molecule has 0 fully saturated rings. The molecule has 8 heteroatoms. The van der Waals surface area contributed by atoms with Gasteiger partial charge in [0, 0.05) is 31.4 Å². The first-order chi connectivity index (χ1) is 10.3. The van der Waals surface area contributed by atoms with Crippen molar-refractivity contribution in [3.05, 3.63) is 42.1 Å². The number of pyridine rings is 1. The van der Waals surface area contributed by atoms with Crippen LogP contribution in [0, 0.1) is 6.92 Å². The predicted octanol–water partition coefficient (Wildman–Crippen LogP) is 0.625. The second-order valence-electron chi connectivity index (χ2n) is 5.06. The summed E-state index contributed by atoms with van der Waals surface area (Å²) < 4.78 is 24.5. The van der Waals surface area contributed by atoms with Crippen LogP contribution >= 0.6 is 0 Å². The van der Waals surface area contributed by atoms with Crippen LogP contribution in [-0.2, 0) is 21.2 Å². The molecule has 2 aromatic heterocycles. The van der Waals surface area contributed by atoms with Gasteiger partial charge in [-0.2, -0.15) is 0 Å². The van der Waals surface area contributed by atoms with Gasteiger partial charge in [-0.25, -0.2) is 18.4 Å². The maximum atomic E-state index is 11.8. The molecule has 0 aliphatic heterocycles. The number of sulfone groups is 1. The highest BCUT2D eigenvalue weighted by molar-refractivity contribution is 7.92. The summed E-state index contributed by atoms with van der Waals surface area (Å²) in [6, 6.07) is 3.58. The van der Waals surface area contributed by atoms with Crippen LogP contribution in [0.1, 0.15) is 18.3 Å². The molecule has 2 heterocycles. The summed E-state index contributed by atoms with van der Waals surface area (Å²) in [7, 11) is -3.39. The Morgan fingerprint density at radius 2 is 2.09 bits per heavy atom. The molecule has 0 saturated heterocycles. The SMILES string of the molecule is Cc1nccn1-c1cc(CNC(=O)[C@H](C)S(C)(=O)=O)ccn1. The van der Waals surface area contributed by atoms with E-state index in [0.717, 1.165) is 17.6 Å². The Morgan fingerprint density at radius 3 is 2.68 bits per heavy atom. The minimum atomic E-state index is -3.39. The maximum Gasteiger partial charge on any atom is 0.238 e. The molecule has 7 nitrogen and oxygen atoms in total. The fraction of sp³-hybridized carbons (Fsp3) is 0.357. The van der Waals surface area contributed by atoms with Crippen molar-refractivity contribution in [2.45, 2.75) is 25.6 Å². The van der Waals surface area contributed by atoms with E-state index in [2.05, 4.69) is 15.3 Å². The van der Waals surface area contributed by atoms with E-state index in [1.807, 2.05) is 17.6 Å². The average Bonchev–Trinajstić information content (AvgIpc) is 2.89. The molecule has 0 radical (unpaired) electrons. The van der Waals surface area contributed by atoms with Gasteiger partial charge in [0.25, 0.3) is 0 Å². The number of nitrogens with one attached hydrogen (secondary N) is 1. The Balaban J connectivity index is 2.09. The van der Waals surface area contributed by atoms with Crippen LogP contribution in [0.25, 0.3) is 5.82 Å². The molecule has 1 N–H and O–H groups in total. The molecule has 2 aromatic rings. The monoisotopic (exact) mass is 322 g/mol. The lowest BCUT2D eigenvalue weighted by Gasteiger charge is -2.11. The van der Waals surface area contributed by atoms with E-state index in [4.69, 9.17) is 0 Å². The number of aryl methyl sites for hydroxylation is 1. The summed E-state index contributed by atoms with van der Waals surface area (Å²) in [4.78, 5) is 20.2. The molecule has 0 aromatic carbocycles. The van der Waals surface area contributed by atoms with Gasteiger partial charge in [-0.3, -0.25) is 9.36 Å². The topological polar surface area (TPSA) is 94.0 Å². The van der Waals surface area contributed by atoms with Crippen LogP contribution in [0.4, 0.5) is 0 Å². The van der Waals surface area contributed by atoms with Crippen LogP contribution in [0.5, 0.6) is 0 Å².